The van der Waals surface area contributed by atoms with Gasteiger partial charge in [0, 0.05) is 23.2 Å². The minimum Gasteiger partial charge on any atom is -0.324 e. The summed E-state index contributed by atoms with van der Waals surface area (Å²) in [5, 5.41) is 2.92. The molecule has 0 aromatic heterocycles. The largest absolute Gasteiger partial charge is 0.324 e. The Morgan fingerprint density at radius 2 is 1.76 bits per heavy atom. The topological polar surface area (TPSA) is 83.6 Å². The fourth-order valence-corrected chi connectivity index (χ4v) is 2.59. The molecule has 0 spiro atoms. The molecule has 1 amide bonds. The molecule has 0 heterocycles. The molecule has 0 fully saturated rings. The van der Waals surface area contributed by atoms with Gasteiger partial charge in [-0.2, -0.15) is 4.31 Å². The van der Waals surface area contributed by atoms with E-state index in [1.165, 1.54) is 19.2 Å². The molecule has 6 nitrogen and oxygen atoms in total. The van der Waals surface area contributed by atoms with E-state index < -0.39 is 15.9 Å². The van der Waals surface area contributed by atoms with Crippen molar-refractivity contribution >= 4 is 39.0 Å². The van der Waals surface area contributed by atoms with Crippen LogP contribution in [0.5, 0.6) is 0 Å². The van der Waals surface area contributed by atoms with Crippen LogP contribution in [0, 0.1) is 0 Å². The molecule has 2 aromatic carbocycles. The lowest BCUT2D eigenvalue weighted by Gasteiger charge is -2.15. The number of nitrogens with one attached hydrogen (secondary N) is 1. The van der Waals surface area contributed by atoms with Crippen LogP contribution in [-0.4, -0.2) is 44.3 Å². The molecule has 0 aliphatic heterocycles. The number of carbonyl (C=O) groups excluding carboxylic acids is 2. The fourth-order valence-electron chi connectivity index (χ4n) is 2.07. The van der Waals surface area contributed by atoms with Crippen molar-refractivity contribution < 1.29 is 18.0 Å². The van der Waals surface area contributed by atoms with E-state index in [1.807, 2.05) is 0 Å². The molecule has 2 rings (SSSR count). The van der Waals surface area contributed by atoms with Gasteiger partial charge in [0.15, 0.2) is 5.78 Å². The van der Waals surface area contributed by atoms with Crippen LogP contribution in [-0.2, 0) is 14.8 Å². The van der Waals surface area contributed by atoms with Crippen LogP contribution in [0.25, 0.3) is 0 Å². The van der Waals surface area contributed by atoms with Gasteiger partial charge >= 0.3 is 0 Å². The van der Waals surface area contributed by atoms with Crippen LogP contribution < -0.4 is 5.32 Å². The Bertz CT molecular complexity index is 898. The van der Waals surface area contributed by atoms with Crippen molar-refractivity contribution in [3.63, 3.8) is 0 Å². The van der Waals surface area contributed by atoms with E-state index in [0.29, 0.717) is 10.6 Å². The van der Waals surface area contributed by atoms with Crippen LogP contribution in [0.2, 0.25) is 5.02 Å². The summed E-state index contributed by atoms with van der Waals surface area (Å²) in [7, 11) is -2.18. The van der Waals surface area contributed by atoms with Gasteiger partial charge in [-0.1, -0.05) is 41.9 Å². The van der Waals surface area contributed by atoms with Crippen LogP contribution in [0.4, 0.5) is 5.69 Å². The molecular formula is C17H17ClN2O4S. The zero-order chi connectivity index (χ0) is 18.6. The molecule has 0 aliphatic rings. The number of likely N-dealkylation sites (N-methyl/N-ethyl adjacent to an activating group) is 1. The normalized spacial score (nSPS) is 11.4. The van der Waals surface area contributed by atoms with Crippen molar-refractivity contribution in [1.82, 2.24) is 4.31 Å². The molecule has 0 radical (unpaired) electrons. The summed E-state index contributed by atoms with van der Waals surface area (Å²) in [6.07, 6.45) is 1.01. The number of sulfonamides is 1. The van der Waals surface area contributed by atoms with Gasteiger partial charge in [0.1, 0.15) is 0 Å². The number of halogens is 1. The predicted octanol–water partition coefficient (Wildman–Crippen LogP) is 2.40. The number of nitrogens with zero attached hydrogens (tertiary/aromatic N) is 1. The minimum atomic E-state index is -3.48. The van der Waals surface area contributed by atoms with Gasteiger partial charge in [-0.3, -0.25) is 9.59 Å². The number of ketones is 1. The molecule has 0 unspecified atom stereocenters. The minimum absolute atomic E-state index is 0.231. The Morgan fingerprint density at radius 3 is 2.36 bits per heavy atom. The molecule has 1 N–H and O–H groups in total. The Labute approximate surface area is 151 Å². The first-order valence-corrected chi connectivity index (χ1v) is 9.51. The summed E-state index contributed by atoms with van der Waals surface area (Å²) in [6, 6.07) is 13.1. The Kier molecular flexibility index (Phi) is 5.94. The van der Waals surface area contributed by atoms with Crippen molar-refractivity contribution in [2.75, 3.05) is 25.2 Å². The summed E-state index contributed by atoms with van der Waals surface area (Å²) in [5.41, 5.74) is 0.952. The Balaban J connectivity index is 2.27. The van der Waals surface area contributed by atoms with Crippen LogP contribution >= 0.6 is 11.6 Å². The molecule has 0 bridgehead atoms. The monoisotopic (exact) mass is 380 g/mol. The third kappa shape index (κ3) is 5.12. The third-order valence-electron chi connectivity index (χ3n) is 3.47. The summed E-state index contributed by atoms with van der Waals surface area (Å²) < 4.78 is 23.7. The SMILES string of the molecule is CN(CC(=O)Nc1ccc(Cl)cc1C(=O)c1ccccc1)S(C)(=O)=O. The van der Waals surface area contributed by atoms with Gasteiger partial charge in [-0.05, 0) is 18.2 Å². The molecule has 132 valence electrons. The van der Waals surface area contributed by atoms with Crippen molar-refractivity contribution in [3.8, 4) is 0 Å². The fraction of sp³-hybridized carbons (Fsp3) is 0.176. The smallest absolute Gasteiger partial charge is 0.239 e. The van der Waals surface area contributed by atoms with Gasteiger partial charge < -0.3 is 5.32 Å². The number of hydrogen-bond acceptors (Lipinski definition) is 4. The number of amides is 1. The number of anilines is 1. The number of benzene rings is 2. The van der Waals surface area contributed by atoms with E-state index in [4.69, 9.17) is 11.6 Å². The maximum atomic E-state index is 12.7. The molecule has 0 aliphatic carbocycles. The first kappa shape index (κ1) is 19.1. The van der Waals surface area contributed by atoms with Crippen molar-refractivity contribution in [3.05, 3.63) is 64.7 Å². The quantitative estimate of drug-likeness (QED) is 0.780. The maximum absolute atomic E-state index is 12.7. The molecule has 0 atom stereocenters. The van der Waals surface area contributed by atoms with Crippen LogP contribution in [0.1, 0.15) is 15.9 Å². The average Bonchev–Trinajstić information content (AvgIpc) is 2.55. The summed E-state index contributed by atoms with van der Waals surface area (Å²) >= 11 is 5.98. The Morgan fingerprint density at radius 1 is 1.12 bits per heavy atom. The van der Waals surface area contributed by atoms with Crippen LogP contribution in [0.15, 0.2) is 48.5 Å². The number of carbonyl (C=O) groups is 2. The lowest BCUT2D eigenvalue weighted by Crippen LogP contribution is -2.34. The molecule has 2 aromatic rings. The van der Waals surface area contributed by atoms with E-state index in [1.54, 1.807) is 36.4 Å². The van der Waals surface area contributed by atoms with Gasteiger partial charge in [-0.25, -0.2) is 8.42 Å². The lowest BCUT2D eigenvalue weighted by molar-refractivity contribution is -0.116. The summed E-state index contributed by atoms with van der Waals surface area (Å²) in [5.74, 6) is -0.854. The zero-order valence-corrected chi connectivity index (χ0v) is 15.3. The van der Waals surface area contributed by atoms with Crippen molar-refractivity contribution in [2.24, 2.45) is 0 Å². The Hall–Kier alpha value is -2.22. The highest BCUT2D eigenvalue weighted by atomic mass is 35.5. The van der Waals surface area contributed by atoms with Crippen molar-refractivity contribution in [1.29, 1.82) is 0 Å². The summed E-state index contributed by atoms with van der Waals surface area (Å²) in [4.78, 5) is 24.8. The lowest BCUT2D eigenvalue weighted by atomic mass is 10.0. The molecule has 8 heteroatoms. The number of rotatable bonds is 6. The van der Waals surface area contributed by atoms with E-state index in [-0.39, 0.29) is 23.6 Å². The van der Waals surface area contributed by atoms with E-state index in [9.17, 15) is 18.0 Å². The van der Waals surface area contributed by atoms with Gasteiger partial charge in [0.25, 0.3) is 0 Å². The summed E-state index contributed by atoms with van der Waals surface area (Å²) in [6.45, 7) is -0.361. The highest BCUT2D eigenvalue weighted by Gasteiger charge is 2.19. The average molecular weight is 381 g/mol. The molecule has 0 saturated carbocycles. The third-order valence-corrected chi connectivity index (χ3v) is 4.97. The van der Waals surface area contributed by atoms with Gasteiger partial charge in [0.05, 0.1) is 18.5 Å². The van der Waals surface area contributed by atoms with Crippen molar-refractivity contribution in [2.45, 2.75) is 0 Å². The second-order valence-electron chi connectivity index (χ2n) is 5.45. The van der Waals surface area contributed by atoms with E-state index in [2.05, 4.69) is 5.32 Å². The van der Waals surface area contributed by atoms with E-state index in [0.717, 1.165) is 10.6 Å². The molecule has 25 heavy (non-hydrogen) atoms. The van der Waals surface area contributed by atoms with Gasteiger partial charge in [-0.15, -0.1) is 0 Å². The highest BCUT2D eigenvalue weighted by Crippen LogP contribution is 2.23. The predicted molar refractivity (Wildman–Crippen MR) is 97.4 cm³/mol. The molecule has 0 saturated heterocycles. The van der Waals surface area contributed by atoms with Gasteiger partial charge in [0.2, 0.25) is 15.9 Å². The zero-order valence-electron chi connectivity index (χ0n) is 13.7. The number of hydrogen-bond donors (Lipinski definition) is 1. The standard InChI is InChI=1S/C17H17ClN2O4S/c1-20(25(2,23)24)11-16(21)19-15-9-8-13(18)10-14(15)17(22)12-6-4-3-5-7-12/h3-10H,11H2,1-2H3,(H,19,21). The van der Waals surface area contributed by atoms with Crippen LogP contribution in [0.3, 0.4) is 0 Å². The molecular weight excluding hydrogens is 364 g/mol. The van der Waals surface area contributed by atoms with E-state index >= 15 is 0 Å². The maximum Gasteiger partial charge on any atom is 0.239 e. The first-order valence-electron chi connectivity index (χ1n) is 7.29. The second kappa shape index (κ2) is 7.77. The second-order valence-corrected chi connectivity index (χ2v) is 7.98. The first-order chi connectivity index (χ1) is 11.7. The highest BCUT2D eigenvalue weighted by molar-refractivity contribution is 7.88.